The third-order valence-corrected chi connectivity index (χ3v) is 3.72. The third-order valence-electron chi connectivity index (χ3n) is 3.72. The number of amides is 1. The van der Waals surface area contributed by atoms with Crippen LogP contribution in [0.3, 0.4) is 0 Å². The number of hydrogen-bond donors (Lipinski definition) is 1. The summed E-state index contributed by atoms with van der Waals surface area (Å²) in [6.07, 6.45) is 1.63. The maximum Gasteiger partial charge on any atom is 0.306 e. The maximum absolute atomic E-state index is 12.4. The number of carboxylic acids is 1. The molecule has 1 aromatic heterocycles. The van der Waals surface area contributed by atoms with Crippen molar-refractivity contribution in [3.05, 3.63) is 11.7 Å². The first-order valence-corrected chi connectivity index (χ1v) is 6.82. The van der Waals surface area contributed by atoms with Crippen LogP contribution >= 0.6 is 0 Å². The molecule has 1 aliphatic rings. The van der Waals surface area contributed by atoms with Crippen molar-refractivity contribution < 1.29 is 19.2 Å². The van der Waals surface area contributed by atoms with Gasteiger partial charge in [0.25, 0.3) is 0 Å². The number of aromatic nitrogens is 2. The molecule has 7 heteroatoms. The summed E-state index contributed by atoms with van der Waals surface area (Å²) in [5, 5.41) is 12.7. The standard InChI is InChI=1S/C13H19N3O4/c1-3-16(7-11-14-8(2)15-20-11)12(17)9-4-5-10(6-9)13(18)19/h9-10H,3-7H2,1-2H3,(H,18,19)/t9-,10+/m0/s1. The van der Waals surface area contributed by atoms with Crippen molar-refractivity contribution in [2.45, 2.75) is 39.7 Å². The van der Waals surface area contributed by atoms with Crippen molar-refractivity contribution in [1.82, 2.24) is 15.0 Å². The number of nitrogens with zero attached hydrogens (tertiary/aromatic N) is 3. The summed E-state index contributed by atoms with van der Waals surface area (Å²) in [7, 11) is 0. The molecule has 1 N–H and O–H groups in total. The first kappa shape index (κ1) is 14.5. The van der Waals surface area contributed by atoms with Crippen molar-refractivity contribution in [3.63, 3.8) is 0 Å². The molecule has 1 aliphatic carbocycles. The van der Waals surface area contributed by atoms with Crippen LogP contribution in [-0.2, 0) is 16.1 Å². The molecule has 1 aromatic rings. The highest BCUT2D eigenvalue weighted by Gasteiger charge is 2.35. The Hall–Kier alpha value is -1.92. The number of carboxylic acid groups (broad SMARTS) is 1. The Kier molecular flexibility index (Phi) is 4.36. The van der Waals surface area contributed by atoms with Gasteiger partial charge < -0.3 is 14.5 Å². The molecule has 7 nitrogen and oxygen atoms in total. The molecule has 0 radical (unpaired) electrons. The van der Waals surface area contributed by atoms with Gasteiger partial charge in [-0.2, -0.15) is 4.98 Å². The van der Waals surface area contributed by atoms with E-state index in [0.29, 0.717) is 37.5 Å². The van der Waals surface area contributed by atoms with Crippen LogP contribution in [0.25, 0.3) is 0 Å². The first-order valence-electron chi connectivity index (χ1n) is 6.82. The van der Waals surface area contributed by atoms with Crippen molar-refractivity contribution in [3.8, 4) is 0 Å². The Morgan fingerprint density at radius 1 is 1.40 bits per heavy atom. The number of aliphatic carboxylic acids is 1. The summed E-state index contributed by atoms with van der Waals surface area (Å²) in [5.74, 6) is -0.489. The summed E-state index contributed by atoms with van der Waals surface area (Å²) < 4.78 is 5.02. The predicted octanol–water partition coefficient (Wildman–Crippen LogP) is 1.23. The minimum absolute atomic E-state index is 0.0212. The fourth-order valence-electron chi connectivity index (χ4n) is 2.60. The summed E-state index contributed by atoms with van der Waals surface area (Å²) in [6, 6.07) is 0. The van der Waals surface area contributed by atoms with E-state index < -0.39 is 11.9 Å². The Bertz CT molecular complexity index is 500. The van der Waals surface area contributed by atoms with Crippen LogP contribution in [0.15, 0.2) is 4.52 Å². The minimum Gasteiger partial charge on any atom is -0.481 e. The molecule has 1 fully saturated rings. The Morgan fingerprint density at radius 2 is 2.10 bits per heavy atom. The first-order chi connectivity index (χ1) is 9.51. The van der Waals surface area contributed by atoms with Crippen LogP contribution in [0, 0.1) is 18.8 Å². The zero-order valence-electron chi connectivity index (χ0n) is 11.7. The molecule has 0 aliphatic heterocycles. The molecule has 2 rings (SSSR count). The van der Waals surface area contributed by atoms with Gasteiger partial charge in [0, 0.05) is 12.5 Å². The molecule has 1 amide bonds. The van der Waals surface area contributed by atoms with Gasteiger partial charge in [0.15, 0.2) is 5.82 Å². The molecule has 1 saturated carbocycles. The minimum atomic E-state index is -0.809. The van der Waals surface area contributed by atoms with Crippen molar-refractivity contribution in [1.29, 1.82) is 0 Å². The average Bonchev–Trinajstić information content (AvgIpc) is 3.04. The van der Waals surface area contributed by atoms with Crippen LogP contribution < -0.4 is 0 Å². The van der Waals surface area contributed by atoms with Crippen LogP contribution in [0.5, 0.6) is 0 Å². The largest absolute Gasteiger partial charge is 0.481 e. The zero-order valence-corrected chi connectivity index (χ0v) is 11.7. The lowest BCUT2D eigenvalue weighted by molar-refractivity contribution is -0.141. The van der Waals surface area contributed by atoms with Gasteiger partial charge in [-0.3, -0.25) is 9.59 Å². The topological polar surface area (TPSA) is 96.5 Å². The van der Waals surface area contributed by atoms with Gasteiger partial charge in [0.2, 0.25) is 11.8 Å². The molecule has 20 heavy (non-hydrogen) atoms. The SMILES string of the molecule is CCN(Cc1nc(C)no1)C(=O)[C@H]1CC[C@@H](C(=O)O)C1. The van der Waals surface area contributed by atoms with E-state index in [1.165, 1.54) is 0 Å². The van der Waals surface area contributed by atoms with E-state index in [4.69, 9.17) is 9.63 Å². The maximum atomic E-state index is 12.4. The predicted molar refractivity (Wildman–Crippen MR) is 68.6 cm³/mol. The summed E-state index contributed by atoms with van der Waals surface area (Å²) in [5.41, 5.74) is 0. The normalized spacial score (nSPS) is 21.9. The Morgan fingerprint density at radius 3 is 2.60 bits per heavy atom. The Labute approximate surface area is 117 Å². The summed E-state index contributed by atoms with van der Waals surface area (Å²) in [6.45, 7) is 4.42. The van der Waals surface area contributed by atoms with E-state index in [9.17, 15) is 9.59 Å². The molecule has 0 spiro atoms. The molecular weight excluding hydrogens is 262 g/mol. The molecule has 0 aromatic carbocycles. The van der Waals surface area contributed by atoms with Crippen LogP contribution in [0.2, 0.25) is 0 Å². The molecule has 0 bridgehead atoms. The van der Waals surface area contributed by atoms with Gasteiger partial charge in [-0.25, -0.2) is 0 Å². The van der Waals surface area contributed by atoms with E-state index in [1.54, 1.807) is 11.8 Å². The van der Waals surface area contributed by atoms with Gasteiger partial charge in [-0.1, -0.05) is 5.16 Å². The van der Waals surface area contributed by atoms with Crippen LogP contribution in [0.4, 0.5) is 0 Å². The van der Waals surface area contributed by atoms with Crippen molar-refractivity contribution in [2.75, 3.05) is 6.54 Å². The summed E-state index contributed by atoms with van der Waals surface area (Å²) in [4.78, 5) is 29.1. The monoisotopic (exact) mass is 281 g/mol. The van der Waals surface area contributed by atoms with E-state index in [-0.39, 0.29) is 18.4 Å². The lowest BCUT2D eigenvalue weighted by Crippen LogP contribution is -2.35. The Balaban J connectivity index is 1.97. The zero-order chi connectivity index (χ0) is 14.7. The lowest BCUT2D eigenvalue weighted by atomic mass is 10.0. The number of hydrogen-bond acceptors (Lipinski definition) is 5. The van der Waals surface area contributed by atoms with E-state index >= 15 is 0 Å². The quantitative estimate of drug-likeness (QED) is 0.871. The number of carbonyl (C=O) groups excluding carboxylic acids is 1. The fourth-order valence-corrected chi connectivity index (χ4v) is 2.60. The lowest BCUT2D eigenvalue weighted by Gasteiger charge is -2.22. The van der Waals surface area contributed by atoms with Crippen LogP contribution in [-0.4, -0.2) is 38.6 Å². The van der Waals surface area contributed by atoms with Gasteiger partial charge in [-0.15, -0.1) is 0 Å². The number of aryl methyl sites for hydroxylation is 1. The van der Waals surface area contributed by atoms with Crippen molar-refractivity contribution in [2.24, 2.45) is 11.8 Å². The van der Waals surface area contributed by atoms with Gasteiger partial charge in [-0.05, 0) is 33.1 Å². The second kappa shape index (κ2) is 6.02. The molecule has 110 valence electrons. The summed E-state index contributed by atoms with van der Waals surface area (Å²) >= 11 is 0. The van der Waals surface area contributed by atoms with Crippen LogP contribution in [0.1, 0.15) is 37.9 Å². The number of rotatable bonds is 5. The highest BCUT2D eigenvalue weighted by Crippen LogP contribution is 2.32. The second-order valence-electron chi connectivity index (χ2n) is 5.13. The highest BCUT2D eigenvalue weighted by molar-refractivity contribution is 5.80. The average molecular weight is 281 g/mol. The van der Waals surface area contributed by atoms with Gasteiger partial charge in [0.05, 0.1) is 12.5 Å². The molecule has 2 atom stereocenters. The molecule has 0 unspecified atom stereocenters. The fraction of sp³-hybridized carbons (Fsp3) is 0.692. The molecular formula is C13H19N3O4. The van der Waals surface area contributed by atoms with E-state index in [2.05, 4.69) is 10.1 Å². The van der Waals surface area contributed by atoms with Crippen molar-refractivity contribution >= 4 is 11.9 Å². The van der Waals surface area contributed by atoms with Gasteiger partial charge in [0.1, 0.15) is 0 Å². The smallest absolute Gasteiger partial charge is 0.306 e. The molecule has 1 heterocycles. The highest BCUT2D eigenvalue weighted by atomic mass is 16.5. The second-order valence-corrected chi connectivity index (χ2v) is 5.13. The van der Waals surface area contributed by atoms with Gasteiger partial charge >= 0.3 is 5.97 Å². The van der Waals surface area contributed by atoms with E-state index in [0.717, 1.165) is 0 Å². The molecule has 0 saturated heterocycles. The number of carbonyl (C=O) groups is 2. The third kappa shape index (κ3) is 3.15. The van der Waals surface area contributed by atoms with E-state index in [1.807, 2.05) is 6.92 Å².